The number of nitrogens with zero attached hydrogens (tertiary/aromatic N) is 1. The Balaban J connectivity index is 2.25. The second kappa shape index (κ2) is 5.87. The quantitative estimate of drug-likeness (QED) is 0.500. The van der Waals surface area contributed by atoms with Gasteiger partial charge in [0.2, 0.25) is 0 Å². The molecule has 0 amide bonds. The highest BCUT2D eigenvalue weighted by atomic mass is 15.0. The first kappa shape index (κ1) is 11.3. The summed E-state index contributed by atoms with van der Waals surface area (Å²) >= 11 is 0. The fraction of sp³-hybridized carbons (Fsp3) is 0.500. The third-order valence-corrected chi connectivity index (χ3v) is 2.40. The molecule has 1 aromatic rings. The van der Waals surface area contributed by atoms with Crippen molar-refractivity contribution in [3.8, 4) is 0 Å². The lowest BCUT2D eigenvalue weighted by atomic mass is 9.66. The fourth-order valence-electron chi connectivity index (χ4n) is 1.62. The topological polar surface area (TPSA) is 3.24 Å². The van der Waals surface area contributed by atoms with E-state index < -0.39 is 0 Å². The number of rotatable bonds is 5. The van der Waals surface area contributed by atoms with E-state index in [2.05, 4.69) is 50.2 Å². The molecule has 14 heavy (non-hydrogen) atoms. The molecule has 0 bridgehead atoms. The molecule has 0 heterocycles. The normalized spacial score (nSPS) is 10.6. The van der Waals surface area contributed by atoms with E-state index >= 15 is 0 Å². The highest BCUT2D eigenvalue weighted by Crippen LogP contribution is 1.95. The van der Waals surface area contributed by atoms with Crippen molar-refractivity contribution < 1.29 is 0 Å². The van der Waals surface area contributed by atoms with Crippen molar-refractivity contribution in [3.63, 3.8) is 0 Å². The van der Waals surface area contributed by atoms with E-state index in [0.717, 1.165) is 0 Å². The van der Waals surface area contributed by atoms with Crippen molar-refractivity contribution in [1.82, 2.24) is 4.90 Å². The Morgan fingerprint density at radius 3 is 2.71 bits per heavy atom. The molecule has 1 aromatic carbocycles. The monoisotopic (exact) mass is 189 g/mol. The largest absolute Gasteiger partial charge is 0.309 e. The molecule has 0 aliphatic rings. The van der Waals surface area contributed by atoms with E-state index in [4.69, 9.17) is 0 Å². The fourth-order valence-corrected chi connectivity index (χ4v) is 1.62. The van der Waals surface area contributed by atoms with Crippen molar-refractivity contribution in [3.05, 3.63) is 29.8 Å². The molecule has 1 rings (SSSR count). The minimum absolute atomic E-state index is 1.20. The predicted molar refractivity (Wildman–Crippen MR) is 65.9 cm³/mol. The maximum atomic E-state index is 2.29. The summed E-state index contributed by atoms with van der Waals surface area (Å²) in [4.78, 5) is 2.25. The third kappa shape index (κ3) is 4.47. The van der Waals surface area contributed by atoms with Gasteiger partial charge in [-0.25, -0.2) is 0 Å². The van der Waals surface area contributed by atoms with Gasteiger partial charge in [-0.2, -0.15) is 0 Å². The third-order valence-electron chi connectivity index (χ3n) is 2.40. The Morgan fingerprint density at radius 1 is 1.29 bits per heavy atom. The zero-order valence-corrected chi connectivity index (χ0v) is 9.59. The molecule has 0 N–H and O–H groups in total. The van der Waals surface area contributed by atoms with Crippen LogP contribution in [-0.4, -0.2) is 32.8 Å². The van der Waals surface area contributed by atoms with Gasteiger partial charge in [0, 0.05) is 0 Å². The van der Waals surface area contributed by atoms with Gasteiger partial charge in [0.15, 0.2) is 7.28 Å². The van der Waals surface area contributed by atoms with Crippen molar-refractivity contribution in [2.75, 3.05) is 20.6 Å². The second-order valence-electron chi connectivity index (χ2n) is 4.25. The minimum Gasteiger partial charge on any atom is -0.309 e. The van der Waals surface area contributed by atoms with Gasteiger partial charge in [0.05, 0.1) is 0 Å². The minimum atomic E-state index is 1.20. The van der Waals surface area contributed by atoms with Gasteiger partial charge >= 0.3 is 0 Å². The van der Waals surface area contributed by atoms with E-state index in [9.17, 15) is 0 Å². The Labute approximate surface area is 88.4 Å². The molecule has 1 nitrogen and oxygen atoms in total. The molecule has 0 aliphatic heterocycles. The molecular weight excluding hydrogens is 169 g/mol. The highest BCUT2D eigenvalue weighted by molar-refractivity contribution is 6.53. The van der Waals surface area contributed by atoms with Crippen LogP contribution < -0.4 is 5.46 Å². The van der Waals surface area contributed by atoms with E-state index in [0.29, 0.717) is 0 Å². The molecule has 0 spiro atoms. The Kier molecular flexibility index (Phi) is 4.74. The van der Waals surface area contributed by atoms with E-state index in [1.54, 1.807) is 0 Å². The molecule has 0 saturated carbocycles. The van der Waals surface area contributed by atoms with Crippen LogP contribution >= 0.6 is 0 Å². The first-order chi connectivity index (χ1) is 6.68. The second-order valence-corrected chi connectivity index (χ2v) is 4.25. The Hall–Kier alpha value is -0.755. The van der Waals surface area contributed by atoms with Crippen LogP contribution in [0.5, 0.6) is 0 Å². The molecule has 0 fully saturated rings. The Bertz CT molecular complexity index is 271. The molecule has 2 heteroatoms. The lowest BCUT2D eigenvalue weighted by molar-refractivity contribution is 0.408. The van der Waals surface area contributed by atoms with Gasteiger partial charge in [-0.3, -0.25) is 0 Å². The molecule has 0 atom stereocenters. The maximum Gasteiger partial charge on any atom is 0.157 e. The van der Waals surface area contributed by atoms with Gasteiger partial charge in [0.25, 0.3) is 0 Å². The smallest absolute Gasteiger partial charge is 0.157 e. The van der Waals surface area contributed by atoms with Gasteiger partial charge in [-0.1, -0.05) is 41.6 Å². The summed E-state index contributed by atoms with van der Waals surface area (Å²) in [5.41, 5.74) is 2.85. The lowest BCUT2D eigenvalue weighted by Gasteiger charge is -2.08. The molecular formula is C12H20BN. The predicted octanol–water partition coefficient (Wildman–Crippen LogP) is 1.43. The van der Waals surface area contributed by atoms with Crippen LogP contribution in [-0.2, 0) is 0 Å². The van der Waals surface area contributed by atoms with Gasteiger partial charge < -0.3 is 4.90 Å². The lowest BCUT2D eigenvalue weighted by Crippen LogP contribution is -2.17. The van der Waals surface area contributed by atoms with Crippen molar-refractivity contribution in [2.24, 2.45) is 0 Å². The zero-order chi connectivity index (χ0) is 10.4. The number of hydrogen-bond acceptors (Lipinski definition) is 1. The standard InChI is InChI=1S/C12H20BN/c1-11-6-4-7-12(10-11)13-8-5-9-14(2)3/h4,6-7,10,13H,5,8-9H2,1-3H3. The van der Waals surface area contributed by atoms with E-state index in [1.807, 2.05) is 0 Å². The molecule has 0 aromatic heterocycles. The van der Waals surface area contributed by atoms with Crippen molar-refractivity contribution in [1.29, 1.82) is 0 Å². The zero-order valence-electron chi connectivity index (χ0n) is 9.59. The summed E-state index contributed by atoms with van der Waals surface area (Å²) in [5, 5.41) is 0. The van der Waals surface area contributed by atoms with Crippen LogP contribution in [0.2, 0.25) is 6.32 Å². The van der Waals surface area contributed by atoms with Crippen LogP contribution in [0.15, 0.2) is 24.3 Å². The number of aryl methyl sites for hydroxylation is 1. The summed E-state index contributed by atoms with van der Waals surface area (Å²) in [6.07, 6.45) is 2.59. The molecule has 0 saturated heterocycles. The molecule has 0 aliphatic carbocycles. The van der Waals surface area contributed by atoms with Crippen molar-refractivity contribution >= 4 is 12.7 Å². The van der Waals surface area contributed by atoms with Crippen LogP contribution in [0.1, 0.15) is 12.0 Å². The average molecular weight is 189 g/mol. The Morgan fingerprint density at radius 2 is 2.07 bits per heavy atom. The molecule has 0 radical (unpaired) electrons. The van der Waals surface area contributed by atoms with Crippen LogP contribution in [0.3, 0.4) is 0 Å². The summed E-state index contributed by atoms with van der Waals surface area (Å²) < 4.78 is 0. The van der Waals surface area contributed by atoms with Crippen molar-refractivity contribution in [2.45, 2.75) is 19.7 Å². The summed E-state index contributed by atoms with van der Waals surface area (Å²) in [5.74, 6) is 0. The summed E-state index contributed by atoms with van der Waals surface area (Å²) in [7, 11) is 5.48. The maximum absolute atomic E-state index is 2.29. The van der Waals surface area contributed by atoms with E-state index in [1.165, 1.54) is 37.6 Å². The SMILES string of the molecule is Cc1cccc(BCCCN(C)C)c1. The van der Waals surface area contributed by atoms with Crippen LogP contribution in [0.25, 0.3) is 0 Å². The van der Waals surface area contributed by atoms with Gasteiger partial charge in [-0.05, 0) is 34.0 Å². The molecule has 76 valence electrons. The van der Waals surface area contributed by atoms with Crippen LogP contribution in [0.4, 0.5) is 0 Å². The number of benzene rings is 1. The summed E-state index contributed by atoms with van der Waals surface area (Å²) in [6, 6.07) is 8.82. The summed E-state index contributed by atoms with van der Waals surface area (Å²) in [6.45, 7) is 3.36. The van der Waals surface area contributed by atoms with Gasteiger partial charge in [0.1, 0.15) is 0 Å². The van der Waals surface area contributed by atoms with E-state index in [-0.39, 0.29) is 0 Å². The van der Waals surface area contributed by atoms with Gasteiger partial charge in [-0.15, -0.1) is 0 Å². The first-order valence-electron chi connectivity index (χ1n) is 5.39. The number of hydrogen-bond donors (Lipinski definition) is 0. The highest BCUT2D eigenvalue weighted by Gasteiger charge is 1.96. The first-order valence-corrected chi connectivity index (χ1v) is 5.39. The average Bonchev–Trinajstić information content (AvgIpc) is 2.12. The molecule has 0 unspecified atom stereocenters. The van der Waals surface area contributed by atoms with Crippen LogP contribution in [0, 0.1) is 6.92 Å².